The quantitative estimate of drug-likeness (QED) is 0.753. The molecule has 8 heteroatoms. The average Bonchev–Trinajstić information content (AvgIpc) is 3.40. The first-order valence-electron chi connectivity index (χ1n) is 10.7. The molecule has 0 spiro atoms. The third-order valence-electron chi connectivity index (χ3n) is 6.53. The Bertz CT molecular complexity index is 833. The maximum absolute atomic E-state index is 13.4. The number of piperidine rings is 1. The molecular weight excluding hydrogens is 392 g/mol. The molecule has 3 amide bonds. The van der Waals surface area contributed by atoms with Gasteiger partial charge in [0.15, 0.2) is 11.6 Å². The Balaban J connectivity index is 1.27. The summed E-state index contributed by atoms with van der Waals surface area (Å²) in [6.45, 7) is 3.72. The van der Waals surface area contributed by atoms with Crippen LogP contribution in [-0.4, -0.2) is 71.7 Å². The van der Waals surface area contributed by atoms with Gasteiger partial charge in [0.05, 0.1) is 5.92 Å². The fraction of sp³-hybridized carbons (Fsp3) is 0.591. The molecule has 162 valence electrons. The second-order valence-corrected chi connectivity index (χ2v) is 8.60. The summed E-state index contributed by atoms with van der Waals surface area (Å²) in [5, 5.41) is 0. The number of halogens is 2. The number of carbonyl (C=O) groups is 3. The van der Waals surface area contributed by atoms with Gasteiger partial charge < -0.3 is 14.7 Å². The molecule has 30 heavy (non-hydrogen) atoms. The molecule has 0 aliphatic carbocycles. The van der Waals surface area contributed by atoms with Gasteiger partial charge in [-0.1, -0.05) is 0 Å². The van der Waals surface area contributed by atoms with Crippen LogP contribution in [0, 0.1) is 23.5 Å². The van der Waals surface area contributed by atoms with Crippen molar-refractivity contribution in [2.24, 2.45) is 11.8 Å². The van der Waals surface area contributed by atoms with Crippen LogP contribution in [0.4, 0.5) is 8.78 Å². The lowest BCUT2D eigenvalue weighted by molar-refractivity contribution is -0.134. The monoisotopic (exact) mass is 419 g/mol. The second-order valence-electron chi connectivity index (χ2n) is 8.60. The zero-order valence-electron chi connectivity index (χ0n) is 17.0. The Morgan fingerprint density at radius 2 is 1.67 bits per heavy atom. The van der Waals surface area contributed by atoms with Crippen molar-refractivity contribution in [3.8, 4) is 0 Å². The number of nitrogens with zero attached hydrogens (tertiary/aromatic N) is 3. The minimum atomic E-state index is -1.03. The van der Waals surface area contributed by atoms with Gasteiger partial charge in [0, 0.05) is 51.3 Å². The number of amides is 3. The van der Waals surface area contributed by atoms with E-state index in [4.69, 9.17) is 0 Å². The van der Waals surface area contributed by atoms with E-state index in [0.717, 1.165) is 50.9 Å². The van der Waals surface area contributed by atoms with E-state index in [-0.39, 0.29) is 35.1 Å². The Morgan fingerprint density at radius 3 is 2.33 bits per heavy atom. The second kappa shape index (κ2) is 8.70. The Hall–Kier alpha value is -2.51. The normalized spacial score (nSPS) is 22.8. The highest BCUT2D eigenvalue weighted by molar-refractivity contribution is 5.94. The highest BCUT2D eigenvalue weighted by Crippen LogP contribution is 2.26. The number of carbonyl (C=O) groups excluding carboxylic acids is 3. The van der Waals surface area contributed by atoms with E-state index in [1.165, 1.54) is 6.07 Å². The SMILES string of the molecule is O=C1CC(C(=O)N2CCCC2)CN1CC1CCN(C(=O)c2ccc(F)c(F)c2)CC1. The molecule has 3 heterocycles. The maximum Gasteiger partial charge on any atom is 0.253 e. The van der Waals surface area contributed by atoms with Crippen LogP contribution >= 0.6 is 0 Å². The lowest BCUT2D eigenvalue weighted by Gasteiger charge is -2.34. The predicted octanol–water partition coefficient (Wildman–Crippen LogP) is 2.29. The third kappa shape index (κ3) is 4.32. The van der Waals surface area contributed by atoms with E-state index < -0.39 is 11.6 Å². The standard InChI is InChI=1S/C22H27F2N3O3/c23-18-4-3-16(11-19(18)24)21(29)26-9-5-15(6-10-26)13-27-14-17(12-20(27)28)22(30)25-7-1-2-8-25/h3-4,11,15,17H,1-2,5-10,12-14H2. The summed E-state index contributed by atoms with van der Waals surface area (Å²) in [6, 6.07) is 3.20. The molecule has 0 aromatic heterocycles. The van der Waals surface area contributed by atoms with E-state index in [1.54, 1.807) is 9.80 Å². The molecular formula is C22H27F2N3O3. The molecule has 1 unspecified atom stereocenters. The summed E-state index contributed by atoms with van der Waals surface area (Å²) in [4.78, 5) is 42.9. The molecule has 4 rings (SSSR count). The van der Waals surface area contributed by atoms with Gasteiger partial charge in [-0.25, -0.2) is 8.78 Å². The summed E-state index contributed by atoms with van der Waals surface area (Å²) in [5.74, 6) is -2.12. The van der Waals surface area contributed by atoms with Crippen LogP contribution in [0.15, 0.2) is 18.2 Å². The molecule has 0 radical (unpaired) electrons. The minimum Gasteiger partial charge on any atom is -0.342 e. The first kappa shape index (κ1) is 20.8. The highest BCUT2D eigenvalue weighted by Gasteiger charge is 2.38. The average molecular weight is 419 g/mol. The molecule has 0 saturated carbocycles. The van der Waals surface area contributed by atoms with Gasteiger partial charge in [0.25, 0.3) is 5.91 Å². The van der Waals surface area contributed by atoms with Crippen LogP contribution in [-0.2, 0) is 9.59 Å². The zero-order valence-corrected chi connectivity index (χ0v) is 17.0. The van der Waals surface area contributed by atoms with E-state index in [1.807, 2.05) is 4.90 Å². The van der Waals surface area contributed by atoms with Crippen molar-refractivity contribution in [3.63, 3.8) is 0 Å². The molecule has 3 aliphatic heterocycles. The Kier molecular flexibility index (Phi) is 6.01. The molecule has 1 aromatic rings. The van der Waals surface area contributed by atoms with Crippen LogP contribution in [0.5, 0.6) is 0 Å². The Labute approximate surface area is 174 Å². The number of benzene rings is 1. The van der Waals surface area contributed by atoms with Crippen LogP contribution in [0.1, 0.15) is 42.5 Å². The van der Waals surface area contributed by atoms with Crippen molar-refractivity contribution in [2.45, 2.75) is 32.1 Å². The molecule has 3 aliphatic rings. The summed E-state index contributed by atoms with van der Waals surface area (Å²) in [7, 11) is 0. The molecule has 1 aromatic carbocycles. The maximum atomic E-state index is 13.4. The predicted molar refractivity (Wildman–Crippen MR) is 105 cm³/mol. The van der Waals surface area contributed by atoms with Crippen molar-refractivity contribution in [3.05, 3.63) is 35.4 Å². The fourth-order valence-corrected chi connectivity index (χ4v) is 4.75. The molecule has 6 nitrogen and oxygen atoms in total. The van der Waals surface area contributed by atoms with Crippen molar-refractivity contribution < 1.29 is 23.2 Å². The number of hydrogen-bond acceptors (Lipinski definition) is 3. The number of hydrogen-bond donors (Lipinski definition) is 0. The fourth-order valence-electron chi connectivity index (χ4n) is 4.75. The smallest absolute Gasteiger partial charge is 0.253 e. The summed E-state index contributed by atoms with van der Waals surface area (Å²) in [5.41, 5.74) is 0.144. The lowest BCUT2D eigenvalue weighted by Crippen LogP contribution is -2.42. The summed E-state index contributed by atoms with van der Waals surface area (Å²) in [6.07, 6.45) is 3.85. The van der Waals surface area contributed by atoms with Crippen molar-refractivity contribution in [1.29, 1.82) is 0 Å². The van der Waals surface area contributed by atoms with Gasteiger partial charge in [-0.05, 0) is 49.8 Å². The topological polar surface area (TPSA) is 60.9 Å². The first-order chi connectivity index (χ1) is 14.4. The van der Waals surface area contributed by atoms with Gasteiger partial charge in [0.1, 0.15) is 0 Å². The minimum absolute atomic E-state index is 0.0350. The first-order valence-corrected chi connectivity index (χ1v) is 10.7. The molecule has 3 fully saturated rings. The number of likely N-dealkylation sites (tertiary alicyclic amines) is 3. The van der Waals surface area contributed by atoms with Gasteiger partial charge in [-0.2, -0.15) is 0 Å². The van der Waals surface area contributed by atoms with Crippen LogP contribution < -0.4 is 0 Å². The molecule has 1 atom stereocenters. The van der Waals surface area contributed by atoms with E-state index in [2.05, 4.69) is 0 Å². The Morgan fingerprint density at radius 1 is 0.967 bits per heavy atom. The van der Waals surface area contributed by atoms with Gasteiger partial charge in [-0.3, -0.25) is 14.4 Å². The molecule has 0 bridgehead atoms. The largest absolute Gasteiger partial charge is 0.342 e. The lowest BCUT2D eigenvalue weighted by atomic mass is 9.95. The number of rotatable bonds is 4. The molecule has 3 saturated heterocycles. The van der Waals surface area contributed by atoms with Gasteiger partial charge >= 0.3 is 0 Å². The van der Waals surface area contributed by atoms with Gasteiger partial charge in [-0.15, -0.1) is 0 Å². The van der Waals surface area contributed by atoms with Crippen molar-refractivity contribution in [1.82, 2.24) is 14.7 Å². The molecule has 0 N–H and O–H groups in total. The van der Waals surface area contributed by atoms with Crippen molar-refractivity contribution in [2.75, 3.05) is 39.3 Å². The third-order valence-corrected chi connectivity index (χ3v) is 6.53. The zero-order chi connectivity index (χ0) is 21.3. The summed E-state index contributed by atoms with van der Waals surface area (Å²) < 4.78 is 26.5. The highest BCUT2D eigenvalue weighted by atomic mass is 19.2. The van der Waals surface area contributed by atoms with Crippen molar-refractivity contribution >= 4 is 17.7 Å². The van der Waals surface area contributed by atoms with Crippen LogP contribution in [0.25, 0.3) is 0 Å². The van der Waals surface area contributed by atoms with E-state index >= 15 is 0 Å². The van der Waals surface area contributed by atoms with Crippen LogP contribution in [0.2, 0.25) is 0 Å². The summed E-state index contributed by atoms with van der Waals surface area (Å²) >= 11 is 0. The van der Waals surface area contributed by atoms with E-state index in [9.17, 15) is 23.2 Å². The van der Waals surface area contributed by atoms with Crippen LogP contribution in [0.3, 0.4) is 0 Å². The van der Waals surface area contributed by atoms with E-state index in [0.29, 0.717) is 32.6 Å². The van der Waals surface area contributed by atoms with Gasteiger partial charge in [0.2, 0.25) is 11.8 Å².